The number of pyridine rings is 1. The summed E-state index contributed by atoms with van der Waals surface area (Å²) in [5.74, 6) is -1.03. The second-order valence-corrected chi connectivity index (χ2v) is 8.24. The molecule has 176 valence electrons. The summed E-state index contributed by atoms with van der Waals surface area (Å²) < 4.78 is 0. The summed E-state index contributed by atoms with van der Waals surface area (Å²) in [6, 6.07) is 10.7. The number of rotatable bonds is 8. The Labute approximate surface area is 200 Å². The molecule has 0 aliphatic carbocycles. The van der Waals surface area contributed by atoms with Crippen LogP contribution in [-0.2, 0) is 16.1 Å². The monoisotopic (exact) mass is 480 g/mol. The second kappa shape index (κ2) is 11.7. The van der Waals surface area contributed by atoms with Crippen molar-refractivity contribution >= 4 is 40.8 Å². The lowest BCUT2D eigenvalue weighted by Gasteiger charge is -2.23. The van der Waals surface area contributed by atoms with Gasteiger partial charge in [0.1, 0.15) is 0 Å². The maximum Gasteiger partial charge on any atom is 0.323 e. The highest BCUT2D eigenvalue weighted by Crippen LogP contribution is 2.26. The van der Waals surface area contributed by atoms with E-state index in [1.807, 2.05) is 48.7 Å². The topological polar surface area (TPSA) is 128 Å². The number of nitrogens with zero attached hydrogens (tertiary/aromatic N) is 5. The molecule has 34 heavy (non-hydrogen) atoms. The molecule has 2 aromatic heterocycles. The number of nitrogens with one attached hydrogen (secondary N) is 1. The summed E-state index contributed by atoms with van der Waals surface area (Å²) in [6.45, 7) is 2.13. The van der Waals surface area contributed by atoms with E-state index in [4.69, 9.17) is 5.11 Å². The summed E-state index contributed by atoms with van der Waals surface area (Å²) >= 11 is 1.25. The zero-order chi connectivity index (χ0) is 24.5. The minimum atomic E-state index is -1.02. The molecule has 2 N–H and O–H groups in total. The Morgan fingerprint density at radius 3 is 2.53 bits per heavy atom. The predicted octanol–water partition coefficient (Wildman–Crippen LogP) is 3.28. The molecule has 1 aromatic carbocycles. The fourth-order valence-electron chi connectivity index (χ4n) is 2.83. The molecule has 3 rings (SSSR count). The Balaban J connectivity index is 1.88. The van der Waals surface area contributed by atoms with Crippen LogP contribution in [0.4, 0.5) is 9.93 Å². The zero-order valence-corrected chi connectivity index (χ0v) is 19.5. The van der Waals surface area contributed by atoms with Gasteiger partial charge in [0.25, 0.3) is 0 Å². The molecule has 0 unspecified atom stereocenters. The van der Waals surface area contributed by atoms with Crippen LogP contribution in [0.25, 0.3) is 11.3 Å². The molecule has 0 saturated carbocycles. The second-order valence-electron chi connectivity index (χ2n) is 7.40. The van der Waals surface area contributed by atoms with E-state index in [0.29, 0.717) is 17.2 Å². The average molecular weight is 481 g/mol. The van der Waals surface area contributed by atoms with Crippen molar-refractivity contribution in [2.75, 3.05) is 13.6 Å². The van der Waals surface area contributed by atoms with Crippen LogP contribution in [0.2, 0.25) is 0 Å². The van der Waals surface area contributed by atoms with Crippen LogP contribution in [0.3, 0.4) is 0 Å². The number of hydrogen-bond donors (Lipinski definition) is 2. The van der Waals surface area contributed by atoms with Gasteiger partial charge in [0.2, 0.25) is 17.5 Å². The Morgan fingerprint density at radius 1 is 1.18 bits per heavy atom. The molecule has 0 aliphatic heterocycles. The van der Waals surface area contributed by atoms with Crippen LogP contribution in [0.5, 0.6) is 0 Å². The van der Waals surface area contributed by atoms with Gasteiger partial charge < -0.3 is 10.0 Å². The number of urea groups is 1. The van der Waals surface area contributed by atoms with Crippen LogP contribution < -0.4 is 5.32 Å². The SMILES string of the molecule is Cc1ccc(CN(C=O)/C(=N/c2nc(-c3ccncc3)cs2)NC(=O)N(C)CCC(=O)O)cc1. The minimum Gasteiger partial charge on any atom is -0.481 e. The summed E-state index contributed by atoms with van der Waals surface area (Å²) in [5, 5.41) is 13.7. The molecule has 3 aromatic rings. The van der Waals surface area contributed by atoms with E-state index in [2.05, 4.69) is 20.3 Å². The number of hydrogen-bond acceptors (Lipinski definition) is 7. The van der Waals surface area contributed by atoms with Gasteiger partial charge in [-0.2, -0.15) is 4.99 Å². The normalized spacial score (nSPS) is 11.1. The highest BCUT2D eigenvalue weighted by atomic mass is 32.1. The highest BCUT2D eigenvalue weighted by Gasteiger charge is 2.19. The minimum absolute atomic E-state index is 0.00303. The third kappa shape index (κ3) is 6.94. The van der Waals surface area contributed by atoms with Crippen LogP contribution in [-0.4, -0.2) is 62.8 Å². The molecule has 0 radical (unpaired) electrons. The van der Waals surface area contributed by atoms with E-state index < -0.39 is 12.0 Å². The van der Waals surface area contributed by atoms with Gasteiger partial charge in [-0.05, 0) is 24.6 Å². The third-order valence-electron chi connectivity index (χ3n) is 4.77. The first-order valence-electron chi connectivity index (χ1n) is 10.3. The fraction of sp³-hybridized carbons (Fsp3) is 0.217. The molecule has 3 amide bonds. The lowest BCUT2D eigenvalue weighted by molar-refractivity contribution is -0.137. The average Bonchev–Trinajstić information content (AvgIpc) is 3.31. The molecule has 0 aliphatic rings. The van der Waals surface area contributed by atoms with Crippen molar-refractivity contribution in [1.29, 1.82) is 0 Å². The van der Waals surface area contributed by atoms with Gasteiger partial charge in [-0.25, -0.2) is 9.78 Å². The van der Waals surface area contributed by atoms with E-state index in [1.165, 1.54) is 28.2 Å². The van der Waals surface area contributed by atoms with Crippen molar-refractivity contribution in [3.63, 3.8) is 0 Å². The summed E-state index contributed by atoms with van der Waals surface area (Å²) in [7, 11) is 1.46. The van der Waals surface area contributed by atoms with Crippen molar-refractivity contribution in [1.82, 2.24) is 25.1 Å². The Hall–Kier alpha value is -4.12. The molecular formula is C23H24N6O4S. The summed E-state index contributed by atoms with van der Waals surface area (Å²) in [4.78, 5) is 50.9. The van der Waals surface area contributed by atoms with E-state index in [1.54, 1.807) is 12.4 Å². The Kier molecular flexibility index (Phi) is 8.41. The first kappa shape index (κ1) is 24.5. The van der Waals surface area contributed by atoms with E-state index in [9.17, 15) is 14.4 Å². The first-order chi connectivity index (χ1) is 16.4. The number of aryl methyl sites for hydroxylation is 1. The quantitative estimate of drug-likeness (QED) is 0.289. The van der Waals surface area contributed by atoms with Crippen molar-refractivity contribution in [2.45, 2.75) is 19.9 Å². The number of aromatic nitrogens is 2. The predicted molar refractivity (Wildman–Crippen MR) is 129 cm³/mol. The van der Waals surface area contributed by atoms with Crippen LogP contribution in [0, 0.1) is 6.92 Å². The number of aliphatic carboxylic acids is 1. The number of thiazole rings is 1. The number of carbonyl (C=O) groups excluding carboxylic acids is 2. The maximum atomic E-state index is 12.7. The fourth-order valence-corrected chi connectivity index (χ4v) is 3.53. The van der Waals surface area contributed by atoms with Gasteiger partial charge in [0.05, 0.1) is 18.7 Å². The van der Waals surface area contributed by atoms with E-state index in [-0.39, 0.29) is 25.5 Å². The number of benzene rings is 1. The molecule has 0 atom stereocenters. The third-order valence-corrected chi connectivity index (χ3v) is 5.50. The number of guanidine groups is 1. The van der Waals surface area contributed by atoms with Crippen LogP contribution in [0.15, 0.2) is 59.2 Å². The number of aliphatic imine (C=N–C) groups is 1. The molecule has 0 bridgehead atoms. The first-order valence-corrected chi connectivity index (χ1v) is 11.2. The van der Waals surface area contributed by atoms with Crippen LogP contribution in [0.1, 0.15) is 17.5 Å². The van der Waals surface area contributed by atoms with Crippen LogP contribution >= 0.6 is 11.3 Å². The molecule has 0 fully saturated rings. The lowest BCUT2D eigenvalue weighted by atomic mass is 10.1. The van der Waals surface area contributed by atoms with E-state index in [0.717, 1.165) is 16.7 Å². The number of carbonyl (C=O) groups is 3. The molecule has 11 heteroatoms. The maximum absolute atomic E-state index is 12.7. The van der Waals surface area contributed by atoms with Gasteiger partial charge >= 0.3 is 12.0 Å². The van der Waals surface area contributed by atoms with Crippen molar-refractivity contribution < 1.29 is 19.5 Å². The van der Waals surface area contributed by atoms with Gasteiger partial charge in [-0.1, -0.05) is 29.8 Å². The smallest absolute Gasteiger partial charge is 0.323 e. The zero-order valence-electron chi connectivity index (χ0n) is 18.7. The Morgan fingerprint density at radius 2 is 1.88 bits per heavy atom. The van der Waals surface area contributed by atoms with Gasteiger partial charge in [-0.3, -0.25) is 24.8 Å². The van der Waals surface area contributed by atoms with Gasteiger partial charge in [0.15, 0.2) is 0 Å². The highest BCUT2D eigenvalue weighted by molar-refractivity contribution is 7.13. The number of amides is 3. The van der Waals surface area contributed by atoms with E-state index >= 15 is 0 Å². The van der Waals surface area contributed by atoms with Crippen molar-refractivity contribution in [3.05, 3.63) is 65.3 Å². The largest absolute Gasteiger partial charge is 0.481 e. The molecule has 2 heterocycles. The Bertz CT molecular complexity index is 1160. The number of carboxylic acids is 1. The molecule has 0 spiro atoms. The summed E-state index contributed by atoms with van der Waals surface area (Å²) in [6.07, 6.45) is 3.68. The van der Waals surface area contributed by atoms with Crippen molar-refractivity contribution in [2.24, 2.45) is 4.99 Å². The lowest BCUT2D eigenvalue weighted by Crippen LogP contribution is -2.48. The van der Waals surface area contributed by atoms with Gasteiger partial charge in [-0.15, -0.1) is 11.3 Å². The standard InChI is InChI=1S/C23H24N6O4S/c1-16-3-5-17(6-4-16)13-29(15-30)21(27-23(33)28(2)12-9-20(31)32)26-22-25-19(14-34-22)18-7-10-24-11-8-18/h3-8,10-11,14-15H,9,12-13H2,1-2H3,(H,31,32)(H,25,26,27,33). The molecule has 10 nitrogen and oxygen atoms in total. The number of carboxylic acid groups (broad SMARTS) is 1. The van der Waals surface area contributed by atoms with Crippen molar-refractivity contribution in [3.8, 4) is 11.3 Å². The molecule has 0 saturated heterocycles. The molecular weight excluding hydrogens is 456 g/mol. The summed E-state index contributed by atoms with van der Waals surface area (Å²) in [5.41, 5.74) is 3.47. The van der Waals surface area contributed by atoms with Gasteiger partial charge in [0, 0.05) is 36.9 Å².